The van der Waals surface area contributed by atoms with Crippen LogP contribution in [0.3, 0.4) is 0 Å². The van der Waals surface area contributed by atoms with Gasteiger partial charge in [0.1, 0.15) is 5.41 Å². The van der Waals surface area contributed by atoms with Crippen LogP contribution in [0.4, 0.5) is 0 Å². The van der Waals surface area contributed by atoms with Crippen molar-refractivity contribution in [1.82, 2.24) is 0 Å². The first-order valence-corrected chi connectivity index (χ1v) is 7.73. The number of benzene rings is 2. The molecule has 2 unspecified atom stereocenters. The topological polar surface area (TPSA) is 47.6 Å². The van der Waals surface area contributed by atoms with E-state index in [2.05, 4.69) is 12.1 Å². The zero-order valence-electron chi connectivity index (χ0n) is 11.7. The molecule has 2 atom stereocenters. The second-order valence-electron chi connectivity index (χ2n) is 5.48. The van der Waals surface area contributed by atoms with Crippen molar-refractivity contribution in [1.29, 1.82) is 10.5 Å². The van der Waals surface area contributed by atoms with E-state index in [0.29, 0.717) is 22.9 Å². The number of fused-ring (bicyclic) bond motifs is 1. The fourth-order valence-corrected chi connectivity index (χ4v) is 3.50. The molecule has 3 rings (SSSR count). The van der Waals surface area contributed by atoms with Crippen LogP contribution in [-0.4, -0.2) is 0 Å². The third kappa shape index (κ3) is 2.26. The normalized spacial score (nSPS) is 23.2. The van der Waals surface area contributed by atoms with Gasteiger partial charge in [-0.1, -0.05) is 41.4 Å². The van der Waals surface area contributed by atoms with E-state index < -0.39 is 5.41 Å². The Morgan fingerprint density at radius 1 is 1.00 bits per heavy atom. The molecule has 1 aliphatic carbocycles. The second kappa shape index (κ2) is 5.65. The Balaban J connectivity index is 2.26. The molecule has 0 bridgehead atoms. The molecule has 0 aliphatic heterocycles. The van der Waals surface area contributed by atoms with Crippen molar-refractivity contribution in [2.45, 2.75) is 24.2 Å². The fraction of sp³-hybridized carbons (Fsp3) is 0.222. The van der Waals surface area contributed by atoms with Gasteiger partial charge in [-0.05, 0) is 53.8 Å². The Hall–Kier alpha value is -2.00. The summed E-state index contributed by atoms with van der Waals surface area (Å²) in [6, 6.07) is 17.6. The van der Waals surface area contributed by atoms with Crippen molar-refractivity contribution >= 4 is 23.2 Å². The molecular weight excluding hydrogens is 315 g/mol. The molecule has 1 aliphatic rings. The SMILES string of the molecule is N#CC1CCC(C#N)(c2ccc(Cl)cc2)c2cc(Cl)ccc21. The van der Waals surface area contributed by atoms with Crippen LogP contribution >= 0.6 is 23.2 Å². The molecule has 4 heteroatoms. The van der Waals surface area contributed by atoms with Gasteiger partial charge in [0.05, 0.1) is 18.1 Å². The minimum Gasteiger partial charge on any atom is -0.198 e. The smallest absolute Gasteiger partial charge is 0.108 e. The standard InChI is InChI=1S/C18H12Cl2N2/c19-14-3-1-13(2-4-14)18(11-22)8-7-12(10-21)16-6-5-15(20)9-17(16)18/h1-6,9,12H,7-8H2. The number of halogens is 2. The summed E-state index contributed by atoms with van der Waals surface area (Å²) in [5.41, 5.74) is 1.84. The van der Waals surface area contributed by atoms with Gasteiger partial charge < -0.3 is 0 Å². The number of nitriles is 2. The lowest BCUT2D eigenvalue weighted by molar-refractivity contribution is 0.500. The zero-order chi connectivity index (χ0) is 15.7. The lowest BCUT2D eigenvalue weighted by Gasteiger charge is -2.36. The number of hydrogen-bond acceptors (Lipinski definition) is 2. The summed E-state index contributed by atoms with van der Waals surface area (Å²) in [5, 5.41) is 20.5. The Labute approximate surface area is 139 Å². The van der Waals surface area contributed by atoms with Crippen LogP contribution in [0.2, 0.25) is 10.0 Å². The van der Waals surface area contributed by atoms with Crippen LogP contribution in [-0.2, 0) is 5.41 Å². The molecular formula is C18H12Cl2N2. The summed E-state index contributed by atoms with van der Waals surface area (Å²) in [7, 11) is 0. The lowest BCUT2D eigenvalue weighted by Crippen LogP contribution is -2.32. The highest BCUT2D eigenvalue weighted by Crippen LogP contribution is 2.47. The Bertz CT molecular complexity index is 799. The van der Waals surface area contributed by atoms with Gasteiger partial charge in [0, 0.05) is 10.0 Å². The second-order valence-corrected chi connectivity index (χ2v) is 6.35. The predicted molar refractivity (Wildman–Crippen MR) is 86.9 cm³/mol. The maximum atomic E-state index is 9.95. The monoisotopic (exact) mass is 326 g/mol. The van der Waals surface area contributed by atoms with E-state index >= 15 is 0 Å². The van der Waals surface area contributed by atoms with Crippen molar-refractivity contribution in [2.75, 3.05) is 0 Å². The van der Waals surface area contributed by atoms with E-state index in [-0.39, 0.29) is 5.92 Å². The van der Waals surface area contributed by atoms with E-state index in [1.807, 2.05) is 24.3 Å². The number of rotatable bonds is 1. The zero-order valence-corrected chi connectivity index (χ0v) is 13.2. The summed E-state index contributed by atoms with van der Waals surface area (Å²) < 4.78 is 0. The lowest BCUT2D eigenvalue weighted by atomic mass is 9.64. The van der Waals surface area contributed by atoms with Crippen LogP contribution in [0, 0.1) is 22.7 Å². The van der Waals surface area contributed by atoms with Gasteiger partial charge in [-0.2, -0.15) is 10.5 Å². The Kier molecular flexibility index (Phi) is 3.83. The van der Waals surface area contributed by atoms with Crippen LogP contribution in [0.5, 0.6) is 0 Å². The highest BCUT2D eigenvalue weighted by molar-refractivity contribution is 6.31. The highest BCUT2D eigenvalue weighted by atomic mass is 35.5. The summed E-state index contributed by atoms with van der Waals surface area (Å²) >= 11 is 12.1. The molecule has 0 heterocycles. The molecule has 108 valence electrons. The Morgan fingerprint density at radius 2 is 1.68 bits per heavy atom. The molecule has 0 spiro atoms. The summed E-state index contributed by atoms with van der Waals surface area (Å²) in [6.45, 7) is 0. The van der Waals surface area contributed by atoms with Gasteiger partial charge in [-0.25, -0.2) is 0 Å². The van der Waals surface area contributed by atoms with E-state index in [0.717, 1.165) is 16.7 Å². The predicted octanol–water partition coefficient (Wildman–Crippen LogP) is 5.20. The van der Waals surface area contributed by atoms with Crippen LogP contribution in [0.25, 0.3) is 0 Å². The first-order chi connectivity index (χ1) is 10.6. The van der Waals surface area contributed by atoms with E-state index in [1.165, 1.54) is 0 Å². The van der Waals surface area contributed by atoms with Crippen molar-refractivity contribution in [3.05, 3.63) is 69.2 Å². The van der Waals surface area contributed by atoms with Gasteiger partial charge in [0.2, 0.25) is 0 Å². The van der Waals surface area contributed by atoms with Crippen LogP contribution in [0.1, 0.15) is 35.4 Å². The molecule has 0 fully saturated rings. The minimum absolute atomic E-state index is 0.193. The molecule has 0 aromatic heterocycles. The third-order valence-corrected chi connectivity index (χ3v) is 4.83. The van der Waals surface area contributed by atoms with Gasteiger partial charge >= 0.3 is 0 Å². The van der Waals surface area contributed by atoms with E-state index in [9.17, 15) is 10.5 Å². The minimum atomic E-state index is -0.780. The van der Waals surface area contributed by atoms with E-state index in [1.54, 1.807) is 18.2 Å². The molecule has 0 amide bonds. The maximum Gasteiger partial charge on any atom is 0.108 e. The van der Waals surface area contributed by atoms with Crippen molar-refractivity contribution in [3.8, 4) is 12.1 Å². The average molecular weight is 327 g/mol. The molecule has 2 aromatic carbocycles. The quantitative estimate of drug-likeness (QED) is 0.722. The van der Waals surface area contributed by atoms with Gasteiger partial charge in [0.25, 0.3) is 0 Å². The van der Waals surface area contributed by atoms with Crippen LogP contribution in [0.15, 0.2) is 42.5 Å². The van der Waals surface area contributed by atoms with Crippen molar-refractivity contribution in [2.24, 2.45) is 0 Å². The summed E-state index contributed by atoms with van der Waals surface area (Å²) in [5.74, 6) is -0.193. The molecule has 22 heavy (non-hydrogen) atoms. The first kappa shape index (κ1) is 14.9. The highest BCUT2D eigenvalue weighted by Gasteiger charge is 2.41. The molecule has 0 saturated heterocycles. The van der Waals surface area contributed by atoms with Crippen molar-refractivity contribution in [3.63, 3.8) is 0 Å². The molecule has 0 N–H and O–H groups in total. The molecule has 2 aromatic rings. The van der Waals surface area contributed by atoms with E-state index in [4.69, 9.17) is 23.2 Å². The maximum absolute atomic E-state index is 9.95. The summed E-state index contributed by atoms with van der Waals surface area (Å²) in [4.78, 5) is 0. The summed E-state index contributed by atoms with van der Waals surface area (Å²) in [6.07, 6.45) is 1.25. The number of nitrogens with zero attached hydrogens (tertiary/aromatic N) is 2. The van der Waals surface area contributed by atoms with Gasteiger partial charge in [-0.3, -0.25) is 0 Å². The number of hydrogen-bond donors (Lipinski definition) is 0. The molecule has 0 saturated carbocycles. The third-order valence-electron chi connectivity index (χ3n) is 4.34. The van der Waals surface area contributed by atoms with Crippen LogP contribution < -0.4 is 0 Å². The van der Waals surface area contributed by atoms with Crippen molar-refractivity contribution < 1.29 is 0 Å². The Morgan fingerprint density at radius 3 is 2.32 bits per heavy atom. The first-order valence-electron chi connectivity index (χ1n) is 6.97. The largest absolute Gasteiger partial charge is 0.198 e. The molecule has 0 radical (unpaired) electrons. The van der Waals surface area contributed by atoms with Gasteiger partial charge in [0.15, 0.2) is 0 Å². The van der Waals surface area contributed by atoms with Gasteiger partial charge in [-0.15, -0.1) is 0 Å². The molecule has 2 nitrogen and oxygen atoms in total. The average Bonchev–Trinajstić information content (AvgIpc) is 2.54. The fourth-order valence-electron chi connectivity index (χ4n) is 3.20.